The Morgan fingerprint density at radius 2 is 2.05 bits per heavy atom. The lowest BCUT2D eigenvalue weighted by Crippen LogP contribution is -2.18. The molecule has 1 aromatic heterocycles. The summed E-state index contributed by atoms with van der Waals surface area (Å²) >= 11 is 0. The second-order valence-electron chi connectivity index (χ2n) is 4.69. The predicted octanol–water partition coefficient (Wildman–Crippen LogP) is 2.13. The number of ether oxygens (including phenoxy) is 2. The van der Waals surface area contributed by atoms with Gasteiger partial charge in [-0.05, 0) is 19.4 Å². The first kappa shape index (κ1) is 15.3. The highest BCUT2D eigenvalue weighted by Gasteiger charge is 2.22. The largest absolute Gasteiger partial charge is 0.462 e. The Morgan fingerprint density at radius 3 is 2.71 bits per heavy atom. The summed E-state index contributed by atoms with van der Waals surface area (Å²) < 4.78 is 12.1. The molecule has 0 amide bonds. The molecular weight excluding hydrogens is 270 g/mol. The van der Waals surface area contributed by atoms with Crippen LogP contribution in [0.5, 0.6) is 5.75 Å². The fourth-order valence-electron chi connectivity index (χ4n) is 2.04. The molecular formula is C15H21N3O3. The van der Waals surface area contributed by atoms with Crippen LogP contribution < -0.4 is 10.5 Å². The first-order chi connectivity index (χ1) is 10.1. The molecule has 6 nitrogen and oxygen atoms in total. The molecule has 0 saturated heterocycles. The van der Waals surface area contributed by atoms with Crippen LogP contribution in [0.3, 0.4) is 0 Å². The minimum atomic E-state index is -0.701. The average Bonchev–Trinajstić information content (AvgIpc) is 2.88. The monoisotopic (exact) mass is 291 g/mol. The van der Waals surface area contributed by atoms with Crippen molar-refractivity contribution < 1.29 is 14.6 Å². The van der Waals surface area contributed by atoms with Crippen molar-refractivity contribution in [3.63, 3.8) is 0 Å². The third kappa shape index (κ3) is 3.53. The van der Waals surface area contributed by atoms with Gasteiger partial charge in [0.25, 0.3) is 0 Å². The molecule has 0 bridgehead atoms. The Kier molecular flexibility index (Phi) is 5.19. The molecule has 3 N–H and O–H groups in total. The molecule has 6 heteroatoms. The number of nitrogen functional groups attached to an aromatic ring is 1. The van der Waals surface area contributed by atoms with Gasteiger partial charge >= 0.3 is 0 Å². The molecule has 0 radical (unpaired) electrons. The molecule has 1 aromatic carbocycles. The van der Waals surface area contributed by atoms with Gasteiger partial charge < -0.3 is 20.3 Å². The van der Waals surface area contributed by atoms with Crippen LogP contribution in [-0.4, -0.2) is 28.3 Å². The Bertz CT molecular complexity index is 557. The van der Waals surface area contributed by atoms with E-state index in [-0.39, 0.29) is 12.8 Å². The molecule has 0 fully saturated rings. The van der Waals surface area contributed by atoms with Crippen molar-refractivity contribution in [3.05, 3.63) is 42.1 Å². The quantitative estimate of drug-likeness (QED) is 0.603. The molecule has 0 spiro atoms. The van der Waals surface area contributed by atoms with E-state index in [1.807, 2.05) is 44.2 Å². The van der Waals surface area contributed by atoms with Crippen molar-refractivity contribution in [2.24, 2.45) is 0 Å². The number of nitrogens with two attached hydrogens (primary N) is 1. The summed E-state index contributed by atoms with van der Waals surface area (Å²) in [7, 11) is 0. The average molecular weight is 291 g/mol. The van der Waals surface area contributed by atoms with E-state index >= 15 is 0 Å². The lowest BCUT2D eigenvalue weighted by atomic mass is 10.0. The summed E-state index contributed by atoms with van der Waals surface area (Å²) in [6, 6.07) is 9.10. The number of nitrogens with zero attached hydrogens (tertiary/aromatic N) is 2. The minimum Gasteiger partial charge on any atom is -0.462 e. The third-order valence-electron chi connectivity index (χ3n) is 3.28. The molecule has 2 unspecified atom stereocenters. The van der Waals surface area contributed by atoms with E-state index in [0.717, 1.165) is 5.56 Å². The Balaban J connectivity index is 2.10. The van der Waals surface area contributed by atoms with Gasteiger partial charge in [-0.1, -0.05) is 30.3 Å². The first-order valence-electron chi connectivity index (χ1n) is 6.91. The van der Waals surface area contributed by atoms with Crippen molar-refractivity contribution in [2.45, 2.75) is 26.0 Å². The summed E-state index contributed by atoms with van der Waals surface area (Å²) in [5.41, 5.74) is 6.83. The molecule has 2 aromatic rings. The maximum absolute atomic E-state index is 10.4. The van der Waals surface area contributed by atoms with Crippen LogP contribution in [-0.2, 0) is 4.74 Å². The van der Waals surface area contributed by atoms with Crippen LogP contribution >= 0.6 is 0 Å². The van der Waals surface area contributed by atoms with Gasteiger partial charge in [-0.3, -0.25) is 0 Å². The van der Waals surface area contributed by atoms with E-state index in [1.54, 1.807) is 4.68 Å². The Morgan fingerprint density at radius 1 is 1.33 bits per heavy atom. The van der Waals surface area contributed by atoms with E-state index in [9.17, 15) is 5.11 Å². The SMILES string of the molecule is CCOCOc1cnn(C(C)C(O)c2ccccc2)c1N. The number of aliphatic hydroxyl groups excluding tert-OH is 1. The fourth-order valence-corrected chi connectivity index (χ4v) is 2.04. The van der Waals surface area contributed by atoms with Crippen molar-refractivity contribution in [1.82, 2.24) is 9.78 Å². The van der Waals surface area contributed by atoms with E-state index in [4.69, 9.17) is 15.2 Å². The fraction of sp³-hybridized carbons (Fsp3) is 0.400. The molecule has 0 aliphatic heterocycles. The molecule has 1 heterocycles. The van der Waals surface area contributed by atoms with E-state index in [1.165, 1.54) is 6.20 Å². The van der Waals surface area contributed by atoms with Crippen molar-refractivity contribution >= 4 is 5.82 Å². The van der Waals surface area contributed by atoms with Gasteiger partial charge in [-0.15, -0.1) is 0 Å². The summed E-state index contributed by atoms with van der Waals surface area (Å²) in [6.07, 6.45) is 0.830. The minimum absolute atomic E-state index is 0.127. The van der Waals surface area contributed by atoms with E-state index < -0.39 is 6.10 Å². The number of aliphatic hydroxyl groups is 1. The maximum atomic E-state index is 10.4. The molecule has 114 valence electrons. The van der Waals surface area contributed by atoms with Crippen LogP contribution in [0.2, 0.25) is 0 Å². The molecule has 2 atom stereocenters. The van der Waals surface area contributed by atoms with Gasteiger partial charge in [-0.25, -0.2) is 4.68 Å². The Hall–Kier alpha value is -2.05. The van der Waals surface area contributed by atoms with Crippen LogP contribution in [0.15, 0.2) is 36.5 Å². The number of hydrogen-bond acceptors (Lipinski definition) is 5. The summed E-state index contributed by atoms with van der Waals surface area (Å²) in [5.74, 6) is 0.827. The van der Waals surface area contributed by atoms with Gasteiger partial charge in [0.2, 0.25) is 0 Å². The lowest BCUT2D eigenvalue weighted by Gasteiger charge is -2.20. The van der Waals surface area contributed by atoms with Gasteiger partial charge in [0.1, 0.15) is 6.10 Å². The number of hydrogen-bond donors (Lipinski definition) is 2. The van der Waals surface area contributed by atoms with Crippen molar-refractivity contribution in [2.75, 3.05) is 19.1 Å². The van der Waals surface area contributed by atoms with E-state index in [2.05, 4.69) is 5.10 Å². The van der Waals surface area contributed by atoms with Crippen molar-refractivity contribution in [3.8, 4) is 5.75 Å². The molecule has 0 aliphatic carbocycles. The topological polar surface area (TPSA) is 82.5 Å². The summed E-state index contributed by atoms with van der Waals surface area (Å²) in [6.45, 7) is 4.43. The van der Waals surface area contributed by atoms with Crippen LogP contribution in [0, 0.1) is 0 Å². The van der Waals surface area contributed by atoms with Crippen LogP contribution in [0.25, 0.3) is 0 Å². The van der Waals surface area contributed by atoms with Crippen LogP contribution in [0.1, 0.15) is 31.6 Å². The van der Waals surface area contributed by atoms with E-state index in [0.29, 0.717) is 18.2 Å². The molecule has 0 saturated carbocycles. The zero-order valence-corrected chi connectivity index (χ0v) is 12.3. The molecule has 2 rings (SSSR count). The second-order valence-corrected chi connectivity index (χ2v) is 4.69. The van der Waals surface area contributed by atoms with Gasteiger partial charge in [-0.2, -0.15) is 5.10 Å². The standard InChI is InChI=1S/C15H21N3O3/c1-3-20-10-21-13-9-17-18(15(13)16)11(2)14(19)12-7-5-4-6-8-12/h4-9,11,14,19H,3,10,16H2,1-2H3. The number of benzene rings is 1. The highest BCUT2D eigenvalue weighted by atomic mass is 16.7. The molecule has 0 aliphatic rings. The lowest BCUT2D eigenvalue weighted by molar-refractivity contribution is 0.0227. The zero-order valence-electron chi connectivity index (χ0n) is 12.3. The number of anilines is 1. The molecule has 21 heavy (non-hydrogen) atoms. The highest BCUT2D eigenvalue weighted by molar-refractivity contribution is 5.45. The van der Waals surface area contributed by atoms with Gasteiger partial charge in [0, 0.05) is 6.61 Å². The number of aromatic nitrogens is 2. The highest BCUT2D eigenvalue weighted by Crippen LogP contribution is 2.31. The summed E-state index contributed by atoms with van der Waals surface area (Å²) in [4.78, 5) is 0. The zero-order chi connectivity index (χ0) is 15.2. The Labute approximate surface area is 124 Å². The smallest absolute Gasteiger partial charge is 0.189 e. The maximum Gasteiger partial charge on any atom is 0.189 e. The summed E-state index contributed by atoms with van der Waals surface area (Å²) in [5, 5.41) is 14.6. The van der Waals surface area contributed by atoms with Gasteiger partial charge in [0.15, 0.2) is 18.4 Å². The first-order valence-corrected chi connectivity index (χ1v) is 6.91. The third-order valence-corrected chi connectivity index (χ3v) is 3.28. The predicted molar refractivity (Wildman–Crippen MR) is 79.9 cm³/mol. The second kappa shape index (κ2) is 7.10. The normalized spacial score (nSPS) is 13.9. The van der Waals surface area contributed by atoms with Crippen molar-refractivity contribution in [1.29, 1.82) is 0 Å². The van der Waals surface area contributed by atoms with Crippen LogP contribution in [0.4, 0.5) is 5.82 Å². The number of rotatable bonds is 7. The van der Waals surface area contributed by atoms with Gasteiger partial charge in [0.05, 0.1) is 12.2 Å².